The number of aromatic nitrogens is 2. The zero-order valence-electron chi connectivity index (χ0n) is 10.7. The van der Waals surface area contributed by atoms with Crippen LogP contribution in [0.2, 0.25) is 0 Å². The first-order valence-electron chi connectivity index (χ1n) is 6.01. The van der Waals surface area contributed by atoms with E-state index in [4.69, 9.17) is 10.8 Å². The second-order valence-electron chi connectivity index (χ2n) is 4.37. The van der Waals surface area contributed by atoms with Gasteiger partial charge >= 0.3 is 0 Å². The van der Waals surface area contributed by atoms with E-state index in [0.29, 0.717) is 12.4 Å². The Morgan fingerprint density at radius 1 is 1.29 bits per heavy atom. The number of unbranched alkanes of at least 4 members (excludes halogenated alkanes) is 2. The summed E-state index contributed by atoms with van der Waals surface area (Å²) in [4.78, 5) is 10.7. The lowest BCUT2D eigenvalue weighted by Crippen LogP contribution is -2.21. The molecule has 1 aromatic heterocycles. The number of nitrogens with two attached hydrogens (primary N) is 1. The Hall–Kier alpha value is -1.20. The minimum absolute atomic E-state index is 0.279. The van der Waals surface area contributed by atoms with E-state index in [1.54, 1.807) is 6.07 Å². The van der Waals surface area contributed by atoms with Gasteiger partial charge in [-0.15, -0.1) is 0 Å². The van der Waals surface area contributed by atoms with Crippen LogP contribution in [0.15, 0.2) is 6.07 Å². The standard InChI is InChI=1S/C12H22N4O/c1-10-8-11(13)15-12(14-10)9-16(2)6-4-3-5-7-17/h8,17H,3-7,9H2,1-2H3,(H2,13,14,15). The van der Waals surface area contributed by atoms with E-state index < -0.39 is 0 Å². The number of hydrogen-bond acceptors (Lipinski definition) is 5. The van der Waals surface area contributed by atoms with Crippen molar-refractivity contribution in [2.45, 2.75) is 32.7 Å². The highest BCUT2D eigenvalue weighted by Gasteiger charge is 2.04. The van der Waals surface area contributed by atoms with Crippen LogP contribution in [0.1, 0.15) is 30.8 Å². The van der Waals surface area contributed by atoms with E-state index in [9.17, 15) is 0 Å². The molecule has 0 saturated heterocycles. The highest BCUT2D eigenvalue weighted by molar-refractivity contribution is 5.29. The molecule has 0 aliphatic carbocycles. The molecule has 0 amide bonds. The van der Waals surface area contributed by atoms with Gasteiger partial charge in [-0.2, -0.15) is 0 Å². The predicted molar refractivity (Wildman–Crippen MR) is 68.5 cm³/mol. The van der Waals surface area contributed by atoms with Gasteiger partial charge in [-0.3, -0.25) is 4.90 Å². The molecule has 0 bridgehead atoms. The van der Waals surface area contributed by atoms with E-state index >= 15 is 0 Å². The van der Waals surface area contributed by atoms with Crippen molar-refractivity contribution in [2.24, 2.45) is 0 Å². The van der Waals surface area contributed by atoms with Crippen molar-refractivity contribution in [3.05, 3.63) is 17.6 Å². The first-order chi connectivity index (χ1) is 8.11. The molecular weight excluding hydrogens is 216 g/mol. The molecule has 0 atom stereocenters. The summed E-state index contributed by atoms with van der Waals surface area (Å²) in [5, 5.41) is 8.68. The van der Waals surface area contributed by atoms with Crippen molar-refractivity contribution in [1.82, 2.24) is 14.9 Å². The van der Waals surface area contributed by atoms with Gasteiger partial charge in [-0.05, 0) is 39.8 Å². The number of nitrogen functional groups attached to an aromatic ring is 1. The summed E-state index contributed by atoms with van der Waals surface area (Å²) in [7, 11) is 2.04. The largest absolute Gasteiger partial charge is 0.396 e. The predicted octanol–water partition coefficient (Wildman–Crippen LogP) is 0.962. The lowest BCUT2D eigenvalue weighted by Gasteiger charge is -2.15. The summed E-state index contributed by atoms with van der Waals surface area (Å²) >= 11 is 0. The monoisotopic (exact) mass is 238 g/mol. The number of nitrogens with zero attached hydrogens (tertiary/aromatic N) is 3. The lowest BCUT2D eigenvalue weighted by molar-refractivity contribution is 0.269. The van der Waals surface area contributed by atoms with Crippen molar-refractivity contribution < 1.29 is 5.11 Å². The third-order valence-electron chi connectivity index (χ3n) is 2.53. The van der Waals surface area contributed by atoms with Crippen LogP contribution < -0.4 is 5.73 Å². The van der Waals surface area contributed by atoms with Gasteiger partial charge in [-0.1, -0.05) is 0 Å². The Labute approximate surface area is 103 Å². The molecule has 0 aromatic carbocycles. The average Bonchev–Trinajstić information content (AvgIpc) is 2.23. The summed E-state index contributed by atoms with van der Waals surface area (Å²) in [6, 6.07) is 1.77. The number of aliphatic hydroxyl groups is 1. The van der Waals surface area contributed by atoms with Gasteiger partial charge < -0.3 is 10.8 Å². The molecule has 5 heteroatoms. The van der Waals surface area contributed by atoms with Crippen molar-refractivity contribution in [2.75, 3.05) is 25.9 Å². The van der Waals surface area contributed by atoms with Gasteiger partial charge in [0.2, 0.25) is 0 Å². The number of hydrogen-bond donors (Lipinski definition) is 2. The zero-order chi connectivity index (χ0) is 12.7. The molecule has 17 heavy (non-hydrogen) atoms. The normalized spacial score (nSPS) is 11.1. The molecule has 0 fully saturated rings. The first-order valence-corrected chi connectivity index (χ1v) is 6.01. The number of aryl methyl sites for hydroxylation is 1. The molecule has 0 unspecified atom stereocenters. The van der Waals surface area contributed by atoms with Crippen LogP contribution in [0.4, 0.5) is 5.82 Å². The van der Waals surface area contributed by atoms with Crippen molar-refractivity contribution in [3.8, 4) is 0 Å². The van der Waals surface area contributed by atoms with Gasteiger partial charge in [0.25, 0.3) is 0 Å². The molecular formula is C12H22N4O. The maximum atomic E-state index is 8.68. The van der Waals surface area contributed by atoms with E-state index in [0.717, 1.165) is 37.3 Å². The van der Waals surface area contributed by atoms with E-state index in [2.05, 4.69) is 14.9 Å². The minimum Gasteiger partial charge on any atom is -0.396 e. The van der Waals surface area contributed by atoms with Gasteiger partial charge in [-0.25, -0.2) is 9.97 Å². The molecule has 1 aromatic rings. The number of rotatable bonds is 7. The fourth-order valence-electron chi connectivity index (χ4n) is 1.72. The van der Waals surface area contributed by atoms with Crippen LogP contribution >= 0.6 is 0 Å². The van der Waals surface area contributed by atoms with Crippen LogP contribution in [0, 0.1) is 6.92 Å². The molecule has 0 radical (unpaired) electrons. The summed E-state index contributed by atoms with van der Waals surface area (Å²) in [6.07, 6.45) is 3.01. The molecule has 1 heterocycles. The number of anilines is 1. The SMILES string of the molecule is Cc1cc(N)nc(CN(C)CCCCCO)n1. The summed E-state index contributed by atoms with van der Waals surface area (Å²) in [5.41, 5.74) is 6.58. The average molecular weight is 238 g/mol. The topological polar surface area (TPSA) is 75.3 Å². The van der Waals surface area contributed by atoms with Crippen LogP contribution in [-0.2, 0) is 6.54 Å². The maximum absolute atomic E-state index is 8.68. The second-order valence-corrected chi connectivity index (χ2v) is 4.37. The van der Waals surface area contributed by atoms with Crippen molar-refractivity contribution in [1.29, 1.82) is 0 Å². The molecule has 0 aliphatic rings. The molecule has 3 N–H and O–H groups in total. The van der Waals surface area contributed by atoms with Gasteiger partial charge in [0.1, 0.15) is 11.6 Å². The van der Waals surface area contributed by atoms with Crippen molar-refractivity contribution >= 4 is 5.82 Å². The van der Waals surface area contributed by atoms with E-state index in [1.165, 1.54) is 0 Å². The second kappa shape index (κ2) is 7.19. The number of aliphatic hydroxyl groups excluding tert-OH is 1. The summed E-state index contributed by atoms with van der Waals surface area (Å²) < 4.78 is 0. The molecule has 0 saturated carbocycles. The van der Waals surface area contributed by atoms with Gasteiger partial charge in [0, 0.05) is 18.4 Å². The van der Waals surface area contributed by atoms with Crippen LogP contribution in [0.5, 0.6) is 0 Å². The minimum atomic E-state index is 0.279. The fraction of sp³-hybridized carbons (Fsp3) is 0.667. The van der Waals surface area contributed by atoms with E-state index in [1.807, 2.05) is 14.0 Å². The zero-order valence-corrected chi connectivity index (χ0v) is 10.7. The third kappa shape index (κ3) is 5.60. The Kier molecular flexibility index (Phi) is 5.86. The molecule has 5 nitrogen and oxygen atoms in total. The molecule has 0 spiro atoms. The molecule has 1 rings (SSSR count). The maximum Gasteiger partial charge on any atom is 0.144 e. The summed E-state index contributed by atoms with van der Waals surface area (Å²) in [6.45, 7) is 3.90. The quantitative estimate of drug-likeness (QED) is 0.692. The Morgan fingerprint density at radius 2 is 2.06 bits per heavy atom. The van der Waals surface area contributed by atoms with Crippen molar-refractivity contribution in [3.63, 3.8) is 0 Å². The van der Waals surface area contributed by atoms with Gasteiger partial charge in [0.15, 0.2) is 0 Å². The highest BCUT2D eigenvalue weighted by atomic mass is 16.2. The van der Waals surface area contributed by atoms with E-state index in [-0.39, 0.29) is 6.61 Å². The Bertz CT molecular complexity index is 323. The molecule has 0 aliphatic heterocycles. The Morgan fingerprint density at radius 3 is 2.71 bits per heavy atom. The lowest BCUT2D eigenvalue weighted by atomic mass is 10.2. The fourth-order valence-corrected chi connectivity index (χ4v) is 1.72. The third-order valence-corrected chi connectivity index (χ3v) is 2.53. The molecule has 96 valence electrons. The van der Waals surface area contributed by atoms with Crippen LogP contribution in [0.3, 0.4) is 0 Å². The van der Waals surface area contributed by atoms with Gasteiger partial charge in [0.05, 0.1) is 6.54 Å². The highest BCUT2D eigenvalue weighted by Crippen LogP contribution is 2.05. The van der Waals surface area contributed by atoms with Crippen LogP contribution in [-0.4, -0.2) is 40.2 Å². The smallest absolute Gasteiger partial charge is 0.144 e. The Balaban J connectivity index is 2.36. The van der Waals surface area contributed by atoms with Crippen LogP contribution in [0.25, 0.3) is 0 Å². The first kappa shape index (κ1) is 13.9. The summed E-state index contributed by atoms with van der Waals surface area (Å²) in [5.74, 6) is 1.30.